The first-order valence-electron chi connectivity index (χ1n) is 6.17. The third-order valence-electron chi connectivity index (χ3n) is 2.80. The fraction of sp³-hybridized carbons (Fsp3) is 0.286. The first kappa shape index (κ1) is 13.8. The molecule has 0 saturated heterocycles. The molecule has 0 spiro atoms. The summed E-state index contributed by atoms with van der Waals surface area (Å²) in [7, 11) is -3.40. The summed E-state index contributed by atoms with van der Waals surface area (Å²) in [4.78, 5) is 0.302. The summed E-state index contributed by atoms with van der Waals surface area (Å²) in [5.41, 5.74) is 1.04. The van der Waals surface area contributed by atoms with Gasteiger partial charge in [-0.3, -0.25) is 0 Å². The van der Waals surface area contributed by atoms with Crippen LogP contribution in [0.15, 0.2) is 52.0 Å². The molecule has 0 amide bonds. The topological polar surface area (TPSA) is 59.3 Å². The summed E-state index contributed by atoms with van der Waals surface area (Å²) in [5.74, 6) is 0.870. The van der Waals surface area contributed by atoms with Crippen LogP contribution in [-0.2, 0) is 16.4 Å². The molecule has 19 heavy (non-hydrogen) atoms. The van der Waals surface area contributed by atoms with E-state index in [4.69, 9.17) is 4.42 Å². The van der Waals surface area contributed by atoms with Crippen LogP contribution in [0.2, 0.25) is 0 Å². The van der Waals surface area contributed by atoms with Gasteiger partial charge in [0.05, 0.1) is 11.2 Å². The Morgan fingerprint density at radius 2 is 1.89 bits per heavy atom. The Labute approximate surface area is 113 Å². The number of hydrogen-bond donors (Lipinski definition) is 1. The number of rotatable bonds is 6. The predicted molar refractivity (Wildman–Crippen MR) is 73.4 cm³/mol. The quantitative estimate of drug-likeness (QED) is 0.826. The van der Waals surface area contributed by atoms with Crippen molar-refractivity contribution in [2.24, 2.45) is 0 Å². The van der Waals surface area contributed by atoms with Gasteiger partial charge in [0.25, 0.3) is 0 Å². The molecule has 1 aromatic carbocycles. The molecule has 0 bridgehead atoms. The van der Waals surface area contributed by atoms with Crippen LogP contribution in [0.25, 0.3) is 0 Å². The van der Waals surface area contributed by atoms with Crippen molar-refractivity contribution in [2.75, 3.05) is 6.54 Å². The minimum Gasteiger partial charge on any atom is -0.469 e. The van der Waals surface area contributed by atoms with Crippen LogP contribution < -0.4 is 4.72 Å². The molecule has 0 aliphatic carbocycles. The molecule has 1 heterocycles. The molecule has 0 fully saturated rings. The van der Waals surface area contributed by atoms with Crippen LogP contribution in [0.1, 0.15) is 17.7 Å². The number of aryl methyl sites for hydroxylation is 2. The largest absolute Gasteiger partial charge is 0.469 e. The van der Waals surface area contributed by atoms with Gasteiger partial charge in [-0.15, -0.1) is 0 Å². The number of hydrogen-bond acceptors (Lipinski definition) is 3. The Morgan fingerprint density at radius 3 is 2.53 bits per heavy atom. The van der Waals surface area contributed by atoms with E-state index in [2.05, 4.69) is 4.72 Å². The molecule has 102 valence electrons. The molecule has 0 radical (unpaired) electrons. The van der Waals surface area contributed by atoms with Crippen molar-refractivity contribution in [2.45, 2.75) is 24.7 Å². The zero-order valence-electron chi connectivity index (χ0n) is 10.8. The maximum Gasteiger partial charge on any atom is 0.240 e. The Balaban J connectivity index is 1.86. The lowest BCUT2D eigenvalue weighted by atomic mass is 10.2. The van der Waals surface area contributed by atoms with Crippen molar-refractivity contribution in [3.63, 3.8) is 0 Å². The summed E-state index contributed by atoms with van der Waals surface area (Å²) in [5, 5.41) is 0. The van der Waals surface area contributed by atoms with E-state index in [-0.39, 0.29) is 0 Å². The second-order valence-electron chi connectivity index (χ2n) is 4.39. The minimum atomic E-state index is -3.40. The van der Waals surface area contributed by atoms with E-state index in [9.17, 15) is 8.42 Å². The monoisotopic (exact) mass is 279 g/mol. The minimum absolute atomic E-state index is 0.302. The molecule has 1 N–H and O–H groups in total. The third kappa shape index (κ3) is 3.94. The molecular weight excluding hydrogens is 262 g/mol. The molecule has 0 saturated carbocycles. The maximum absolute atomic E-state index is 12.0. The molecule has 2 aromatic rings. The van der Waals surface area contributed by atoms with E-state index < -0.39 is 10.0 Å². The first-order valence-corrected chi connectivity index (χ1v) is 7.65. The number of furan rings is 1. The Morgan fingerprint density at radius 1 is 1.16 bits per heavy atom. The average molecular weight is 279 g/mol. The summed E-state index contributed by atoms with van der Waals surface area (Å²) in [6.45, 7) is 2.32. The molecular formula is C14H17NO3S. The lowest BCUT2D eigenvalue weighted by molar-refractivity contribution is 0.500. The lowest BCUT2D eigenvalue weighted by Crippen LogP contribution is -2.25. The summed E-state index contributed by atoms with van der Waals surface area (Å²) in [6.07, 6.45) is 3.05. The summed E-state index contributed by atoms with van der Waals surface area (Å²) < 4.78 is 31.7. The number of sulfonamides is 1. The van der Waals surface area contributed by atoms with E-state index in [1.54, 1.807) is 30.5 Å². The summed E-state index contributed by atoms with van der Waals surface area (Å²) >= 11 is 0. The van der Waals surface area contributed by atoms with E-state index in [0.717, 1.165) is 17.7 Å². The molecule has 0 unspecified atom stereocenters. The average Bonchev–Trinajstić information content (AvgIpc) is 2.88. The summed E-state index contributed by atoms with van der Waals surface area (Å²) in [6, 6.07) is 10.5. The molecule has 5 heteroatoms. The molecule has 2 rings (SSSR count). The fourth-order valence-corrected chi connectivity index (χ4v) is 2.80. The Kier molecular flexibility index (Phi) is 4.39. The predicted octanol–water partition coefficient (Wildman–Crippen LogP) is 2.50. The molecule has 1 aromatic heterocycles. The van der Waals surface area contributed by atoms with Crippen LogP contribution in [0.4, 0.5) is 0 Å². The van der Waals surface area contributed by atoms with Gasteiger partial charge >= 0.3 is 0 Å². The standard InChI is InChI=1S/C14H17NO3S/c1-12-6-8-14(9-7-12)19(16,17)15-10-2-4-13-5-3-11-18-13/h3,5-9,11,15H,2,4,10H2,1H3. The molecule has 0 atom stereocenters. The van der Waals surface area contributed by atoms with Gasteiger partial charge in [0.1, 0.15) is 5.76 Å². The van der Waals surface area contributed by atoms with E-state index >= 15 is 0 Å². The molecule has 0 aliphatic heterocycles. The SMILES string of the molecule is Cc1ccc(S(=O)(=O)NCCCc2ccco2)cc1. The highest BCUT2D eigenvalue weighted by Gasteiger charge is 2.12. The third-order valence-corrected chi connectivity index (χ3v) is 4.28. The van der Waals surface area contributed by atoms with Crippen LogP contribution in [0, 0.1) is 6.92 Å². The van der Waals surface area contributed by atoms with Crippen molar-refractivity contribution in [1.82, 2.24) is 4.72 Å². The lowest BCUT2D eigenvalue weighted by Gasteiger charge is -2.06. The van der Waals surface area contributed by atoms with Gasteiger partial charge in [-0.1, -0.05) is 17.7 Å². The van der Waals surface area contributed by atoms with Gasteiger partial charge in [0, 0.05) is 13.0 Å². The van der Waals surface area contributed by atoms with Crippen LogP contribution >= 0.6 is 0 Å². The van der Waals surface area contributed by atoms with Gasteiger partial charge in [0.2, 0.25) is 10.0 Å². The van der Waals surface area contributed by atoms with Crippen molar-refractivity contribution in [3.8, 4) is 0 Å². The van der Waals surface area contributed by atoms with Gasteiger partial charge < -0.3 is 4.42 Å². The van der Waals surface area contributed by atoms with Crippen molar-refractivity contribution in [1.29, 1.82) is 0 Å². The highest BCUT2D eigenvalue weighted by Crippen LogP contribution is 2.10. The first-order chi connectivity index (χ1) is 9.08. The number of benzene rings is 1. The second kappa shape index (κ2) is 6.04. The molecule has 0 aliphatic rings. The van der Waals surface area contributed by atoms with Crippen molar-refractivity contribution in [3.05, 3.63) is 54.0 Å². The number of nitrogens with one attached hydrogen (secondary N) is 1. The van der Waals surface area contributed by atoms with Crippen molar-refractivity contribution >= 4 is 10.0 Å². The second-order valence-corrected chi connectivity index (χ2v) is 6.16. The van der Waals surface area contributed by atoms with E-state index in [0.29, 0.717) is 17.9 Å². The van der Waals surface area contributed by atoms with Gasteiger partial charge in [-0.05, 0) is 37.6 Å². The zero-order valence-corrected chi connectivity index (χ0v) is 11.6. The van der Waals surface area contributed by atoms with E-state index in [1.165, 1.54) is 0 Å². The smallest absolute Gasteiger partial charge is 0.240 e. The van der Waals surface area contributed by atoms with Crippen LogP contribution in [0.5, 0.6) is 0 Å². The van der Waals surface area contributed by atoms with Crippen LogP contribution in [0.3, 0.4) is 0 Å². The molecule has 4 nitrogen and oxygen atoms in total. The van der Waals surface area contributed by atoms with E-state index in [1.807, 2.05) is 19.1 Å². The fourth-order valence-electron chi connectivity index (χ4n) is 1.72. The maximum atomic E-state index is 12.0. The highest BCUT2D eigenvalue weighted by molar-refractivity contribution is 7.89. The normalized spacial score (nSPS) is 11.6. The van der Waals surface area contributed by atoms with Crippen LogP contribution in [-0.4, -0.2) is 15.0 Å². The Hall–Kier alpha value is -1.59. The van der Waals surface area contributed by atoms with Gasteiger partial charge in [0.15, 0.2) is 0 Å². The Bertz CT molecular complexity index is 601. The van der Waals surface area contributed by atoms with Gasteiger partial charge in [-0.25, -0.2) is 13.1 Å². The zero-order chi connectivity index (χ0) is 13.7. The van der Waals surface area contributed by atoms with Gasteiger partial charge in [-0.2, -0.15) is 0 Å². The highest BCUT2D eigenvalue weighted by atomic mass is 32.2. The van der Waals surface area contributed by atoms with Crippen molar-refractivity contribution < 1.29 is 12.8 Å².